The number of carbonyl (C=O) groups excluding carboxylic acids is 2. The van der Waals surface area contributed by atoms with Gasteiger partial charge in [0, 0.05) is 12.1 Å². The van der Waals surface area contributed by atoms with Gasteiger partial charge in [0.25, 0.3) is 11.6 Å². The fraction of sp³-hybridized carbons (Fsp3) is 0.273. The molecule has 0 unspecified atom stereocenters. The number of alkyl halides is 3. The molecule has 1 saturated heterocycles. The number of hydrogen-bond acceptors (Lipinski definition) is 4. The van der Waals surface area contributed by atoms with E-state index in [1.54, 1.807) is 0 Å². The van der Waals surface area contributed by atoms with Gasteiger partial charge in [-0.1, -0.05) is 11.6 Å². The minimum absolute atomic E-state index is 0.137. The highest BCUT2D eigenvalue weighted by molar-refractivity contribution is 7.89. The highest BCUT2D eigenvalue weighted by atomic mass is 35.5. The molecular weight excluding hydrogens is 363 g/mol. The Morgan fingerprint density at radius 3 is 2.13 bits per heavy atom. The predicted octanol–water partition coefficient (Wildman–Crippen LogP) is 1.06. The normalized spacial score (nSPS) is 22.4. The van der Waals surface area contributed by atoms with Crippen molar-refractivity contribution >= 4 is 33.6 Å². The third-order valence-corrected chi connectivity index (χ3v) is 4.78. The lowest BCUT2D eigenvalue weighted by Gasteiger charge is -2.29. The summed E-state index contributed by atoms with van der Waals surface area (Å²) in [5.41, 5.74) is -3.77. The van der Waals surface area contributed by atoms with E-state index in [2.05, 4.69) is 0 Å². The predicted molar refractivity (Wildman–Crippen MR) is 71.9 cm³/mol. The first-order valence-electron chi connectivity index (χ1n) is 5.87. The van der Waals surface area contributed by atoms with Gasteiger partial charge in [-0.2, -0.15) is 17.9 Å². The second-order valence-corrected chi connectivity index (χ2v) is 6.72. The van der Waals surface area contributed by atoms with Gasteiger partial charge in [0.05, 0.1) is 4.90 Å². The number of imide groups is 1. The van der Waals surface area contributed by atoms with Crippen LogP contribution in [0.3, 0.4) is 0 Å². The van der Waals surface area contributed by atoms with Gasteiger partial charge in [0.1, 0.15) is 0 Å². The molecule has 2 rings (SSSR count). The van der Waals surface area contributed by atoms with Crippen molar-refractivity contribution in [3.05, 3.63) is 29.3 Å². The number of sulfonamides is 1. The molecule has 2 N–H and O–H groups in total. The zero-order chi connectivity index (χ0) is 17.6. The van der Waals surface area contributed by atoms with Crippen LogP contribution in [0.25, 0.3) is 0 Å². The average Bonchev–Trinajstić information content (AvgIpc) is 2.63. The number of hydrogen-bond donors (Lipinski definition) is 2. The van der Waals surface area contributed by atoms with E-state index >= 15 is 0 Å². The Bertz CT molecular complexity index is 766. The third-order valence-electron chi connectivity index (χ3n) is 3.06. The maximum absolute atomic E-state index is 13.3. The molecule has 0 bridgehead atoms. The lowest BCUT2D eigenvalue weighted by atomic mass is 10.2. The van der Waals surface area contributed by atoms with Crippen molar-refractivity contribution in [1.82, 2.24) is 14.9 Å². The molecule has 0 aromatic heterocycles. The summed E-state index contributed by atoms with van der Waals surface area (Å²) in [5, 5.41) is 1.51. The van der Waals surface area contributed by atoms with Crippen LogP contribution in [0.4, 0.5) is 18.0 Å². The number of nitrogens with zero attached hydrogens (tertiary/aromatic N) is 1. The van der Waals surface area contributed by atoms with Crippen LogP contribution in [0.5, 0.6) is 0 Å². The molecule has 0 aliphatic carbocycles. The molecule has 126 valence electrons. The Morgan fingerprint density at radius 1 is 1.22 bits per heavy atom. The smallest absolute Gasteiger partial charge is 0.303 e. The molecule has 1 aliphatic heterocycles. The van der Waals surface area contributed by atoms with E-state index in [1.165, 1.54) is 10.0 Å². The van der Waals surface area contributed by atoms with Gasteiger partial charge in [-0.05, 0) is 24.3 Å². The van der Waals surface area contributed by atoms with Crippen LogP contribution >= 0.6 is 11.6 Å². The van der Waals surface area contributed by atoms with Gasteiger partial charge in [0.15, 0.2) is 0 Å². The fourth-order valence-corrected chi connectivity index (χ4v) is 3.23. The van der Waals surface area contributed by atoms with E-state index in [0.717, 1.165) is 31.3 Å². The standard InChI is InChI=1S/C11H9ClF3N3O4S/c1-18-8(19)10(11(13,14)15,16-9(18)20)17-23(21,22)7-4-2-6(12)3-5-7/h2-5,17H,1H3,(H,16,20)/t10-/m0/s1. The molecule has 1 aliphatic rings. The van der Waals surface area contributed by atoms with Crippen molar-refractivity contribution in [3.63, 3.8) is 0 Å². The van der Waals surface area contributed by atoms with Gasteiger partial charge < -0.3 is 5.32 Å². The molecule has 0 saturated carbocycles. The first-order valence-corrected chi connectivity index (χ1v) is 7.73. The summed E-state index contributed by atoms with van der Waals surface area (Å²) in [5.74, 6) is -1.78. The number of amides is 3. The number of benzene rings is 1. The van der Waals surface area contributed by atoms with Crippen molar-refractivity contribution in [3.8, 4) is 0 Å². The van der Waals surface area contributed by atoms with Gasteiger partial charge in [-0.15, -0.1) is 0 Å². The molecule has 3 amide bonds. The summed E-state index contributed by atoms with van der Waals surface area (Å²) in [6, 6.07) is 2.83. The van der Waals surface area contributed by atoms with E-state index in [-0.39, 0.29) is 9.92 Å². The molecule has 0 radical (unpaired) electrons. The molecule has 1 heterocycles. The Balaban J connectivity index is 2.50. The Hall–Kier alpha value is -1.85. The Labute approximate surface area is 133 Å². The van der Waals surface area contributed by atoms with Crippen LogP contribution in [0, 0.1) is 0 Å². The van der Waals surface area contributed by atoms with Crippen LogP contribution in [-0.4, -0.2) is 44.1 Å². The minimum Gasteiger partial charge on any atom is -0.303 e. The highest BCUT2D eigenvalue weighted by Gasteiger charge is 2.68. The van der Waals surface area contributed by atoms with E-state index < -0.39 is 38.7 Å². The number of urea groups is 1. The van der Waals surface area contributed by atoms with Crippen LogP contribution in [0.15, 0.2) is 29.2 Å². The van der Waals surface area contributed by atoms with Gasteiger partial charge >= 0.3 is 12.2 Å². The lowest BCUT2D eigenvalue weighted by Crippen LogP contribution is -2.69. The zero-order valence-corrected chi connectivity index (χ0v) is 12.9. The van der Waals surface area contributed by atoms with E-state index in [9.17, 15) is 31.2 Å². The Kier molecular flexibility index (Phi) is 4.07. The molecule has 23 heavy (non-hydrogen) atoms. The molecule has 1 aromatic rings. The first kappa shape index (κ1) is 17.5. The summed E-state index contributed by atoms with van der Waals surface area (Å²) in [4.78, 5) is 22.8. The van der Waals surface area contributed by atoms with Gasteiger partial charge in [0.2, 0.25) is 10.0 Å². The second-order valence-electron chi connectivity index (χ2n) is 4.60. The number of carbonyl (C=O) groups is 2. The molecule has 7 nitrogen and oxygen atoms in total. The molecular formula is C11H9ClF3N3O4S. The van der Waals surface area contributed by atoms with Gasteiger partial charge in [-0.25, -0.2) is 13.2 Å². The summed E-state index contributed by atoms with van der Waals surface area (Å²) >= 11 is 5.58. The zero-order valence-electron chi connectivity index (χ0n) is 11.3. The van der Waals surface area contributed by atoms with Gasteiger partial charge in [-0.3, -0.25) is 9.69 Å². The maximum atomic E-state index is 13.3. The minimum atomic E-state index is -5.40. The lowest BCUT2D eigenvalue weighted by molar-refractivity contribution is -0.197. The van der Waals surface area contributed by atoms with E-state index in [0.29, 0.717) is 0 Å². The number of likely N-dealkylation sites (N-methyl/N-ethyl adjacent to an activating group) is 1. The van der Waals surface area contributed by atoms with Crippen molar-refractivity contribution < 1.29 is 31.2 Å². The first-order chi connectivity index (χ1) is 10.4. The van der Waals surface area contributed by atoms with Crippen LogP contribution in [0.1, 0.15) is 0 Å². The number of halogens is 4. The van der Waals surface area contributed by atoms with Crippen LogP contribution < -0.4 is 10.0 Å². The average molecular weight is 372 g/mol. The quantitative estimate of drug-likeness (QED) is 0.777. The molecule has 0 spiro atoms. The van der Waals surface area contributed by atoms with Crippen molar-refractivity contribution in [2.75, 3.05) is 7.05 Å². The van der Waals surface area contributed by atoms with Crippen molar-refractivity contribution in [1.29, 1.82) is 0 Å². The summed E-state index contributed by atoms with van der Waals surface area (Å²) in [6.45, 7) is 0. The van der Waals surface area contributed by atoms with Crippen molar-refractivity contribution in [2.45, 2.75) is 16.7 Å². The number of rotatable bonds is 3. The fourth-order valence-electron chi connectivity index (χ4n) is 1.83. The molecule has 12 heteroatoms. The van der Waals surface area contributed by atoms with Crippen molar-refractivity contribution in [2.24, 2.45) is 0 Å². The SMILES string of the molecule is CN1C(=O)N[C@@](NS(=O)(=O)c2ccc(Cl)cc2)(C(F)(F)F)C1=O. The topological polar surface area (TPSA) is 95.6 Å². The largest absolute Gasteiger partial charge is 0.435 e. The molecule has 1 atom stereocenters. The maximum Gasteiger partial charge on any atom is 0.435 e. The summed E-state index contributed by atoms with van der Waals surface area (Å²) in [6.07, 6.45) is -5.40. The third kappa shape index (κ3) is 2.86. The number of nitrogens with one attached hydrogen (secondary N) is 2. The molecule has 1 fully saturated rings. The molecule has 1 aromatic carbocycles. The summed E-state index contributed by atoms with van der Waals surface area (Å²) < 4.78 is 65.4. The Morgan fingerprint density at radius 2 is 1.74 bits per heavy atom. The van der Waals surface area contributed by atoms with Crippen LogP contribution in [-0.2, 0) is 14.8 Å². The monoisotopic (exact) mass is 371 g/mol. The second kappa shape index (κ2) is 5.35. The highest BCUT2D eigenvalue weighted by Crippen LogP contribution is 2.34. The van der Waals surface area contributed by atoms with E-state index in [4.69, 9.17) is 11.6 Å². The van der Waals surface area contributed by atoms with E-state index in [1.807, 2.05) is 0 Å². The summed E-state index contributed by atoms with van der Waals surface area (Å²) in [7, 11) is -3.98. The van der Waals surface area contributed by atoms with Crippen LogP contribution in [0.2, 0.25) is 5.02 Å².